The summed E-state index contributed by atoms with van der Waals surface area (Å²) in [4.78, 5) is 29.8. The van der Waals surface area contributed by atoms with Crippen molar-refractivity contribution in [2.24, 2.45) is 0 Å². The molecule has 38 heavy (non-hydrogen) atoms. The molecule has 7 nitrogen and oxygen atoms in total. The predicted molar refractivity (Wildman–Crippen MR) is 146 cm³/mol. The average molecular weight is 506 g/mol. The summed E-state index contributed by atoms with van der Waals surface area (Å²) in [6.45, 7) is 0. The molecule has 1 aliphatic heterocycles. The SMILES string of the molecule is COc1ccccc1C1C2=C(CC(c3ccco3)CC2=O)Nc2ccccc2N1C(=O)Nc1ccccc1. The number of nitrogens with zero attached hydrogens (tertiary/aromatic N) is 1. The molecule has 3 aromatic carbocycles. The number of furan rings is 1. The molecule has 0 radical (unpaired) electrons. The quantitative estimate of drug-likeness (QED) is 0.315. The van der Waals surface area contributed by atoms with E-state index >= 15 is 0 Å². The van der Waals surface area contributed by atoms with Crippen LogP contribution < -0.4 is 20.3 Å². The fourth-order valence-corrected chi connectivity index (χ4v) is 5.43. The number of ether oxygens (including phenoxy) is 1. The van der Waals surface area contributed by atoms with Crippen LogP contribution in [0.1, 0.15) is 36.1 Å². The lowest BCUT2D eigenvalue weighted by Gasteiger charge is -2.35. The Morgan fingerprint density at radius 3 is 2.50 bits per heavy atom. The third-order valence-corrected chi connectivity index (χ3v) is 7.11. The van der Waals surface area contributed by atoms with Gasteiger partial charge in [-0.05, 0) is 48.9 Å². The fraction of sp³-hybridized carbons (Fsp3) is 0.161. The number of allylic oxidation sites excluding steroid dienone is 1. The van der Waals surface area contributed by atoms with Gasteiger partial charge in [-0.1, -0.05) is 48.5 Å². The lowest BCUT2D eigenvalue weighted by molar-refractivity contribution is -0.116. The van der Waals surface area contributed by atoms with Crippen LogP contribution in [0.2, 0.25) is 0 Å². The van der Waals surface area contributed by atoms with Crippen molar-refractivity contribution in [1.29, 1.82) is 0 Å². The molecular formula is C31H27N3O4. The van der Waals surface area contributed by atoms with Crippen LogP contribution in [0.4, 0.5) is 21.9 Å². The van der Waals surface area contributed by atoms with Gasteiger partial charge in [-0.15, -0.1) is 0 Å². The highest BCUT2D eigenvalue weighted by Crippen LogP contribution is 2.49. The number of carbonyl (C=O) groups excluding carboxylic acids is 2. The minimum Gasteiger partial charge on any atom is -0.496 e. The molecule has 0 bridgehead atoms. The zero-order valence-corrected chi connectivity index (χ0v) is 20.9. The number of hydrogen-bond donors (Lipinski definition) is 2. The maximum atomic E-state index is 14.1. The van der Waals surface area contributed by atoms with E-state index in [0.717, 1.165) is 22.7 Å². The van der Waals surface area contributed by atoms with Crippen molar-refractivity contribution in [2.75, 3.05) is 22.6 Å². The number of para-hydroxylation sites is 4. The molecule has 190 valence electrons. The van der Waals surface area contributed by atoms with Gasteiger partial charge in [-0.3, -0.25) is 9.69 Å². The highest BCUT2D eigenvalue weighted by atomic mass is 16.5. The Morgan fingerprint density at radius 2 is 1.71 bits per heavy atom. The molecule has 2 N–H and O–H groups in total. The van der Waals surface area contributed by atoms with Crippen molar-refractivity contribution in [3.8, 4) is 5.75 Å². The Hall–Kier alpha value is -4.78. The van der Waals surface area contributed by atoms with Crippen LogP contribution in [-0.4, -0.2) is 18.9 Å². The lowest BCUT2D eigenvalue weighted by Crippen LogP contribution is -2.41. The molecule has 0 fully saturated rings. The second-order valence-corrected chi connectivity index (χ2v) is 9.39. The van der Waals surface area contributed by atoms with Gasteiger partial charge in [0.15, 0.2) is 5.78 Å². The van der Waals surface area contributed by atoms with Gasteiger partial charge in [0.2, 0.25) is 0 Å². The van der Waals surface area contributed by atoms with Crippen molar-refractivity contribution in [3.05, 3.63) is 120 Å². The van der Waals surface area contributed by atoms with Crippen LogP contribution in [0.5, 0.6) is 5.75 Å². The third-order valence-electron chi connectivity index (χ3n) is 7.11. The van der Waals surface area contributed by atoms with E-state index in [0.29, 0.717) is 29.1 Å². The molecule has 2 aliphatic rings. The van der Waals surface area contributed by atoms with Crippen molar-refractivity contribution < 1.29 is 18.7 Å². The summed E-state index contributed by atoms with van der Waals surface area (Å²) >= 11 is 0. The number of hydrogen-bond acceptors (Lipinski definition) is 5. The standard InChI is InChI=1S/C31H27N3O4/c1-37-28-15-8-5-12-22(28)30-29-24(18-20(19-26(29)35)27-16-9-17-38-27)33-23-13-6-7-14-25(23)34(30)31(36)32-21-10-3-2-4-11-21/h2-17,20,30,33H,18-19H2,1H3,(H,32,36). The normalized spacial score (nSPS) is 18.7. The molecule has 2 heterocycles. The van der Waals surface area contributed by atoms with E-state index in [-0.39, 0.29) is 24.2 Å². The monoisotopic (exact) mass is 505 g/mol. The fourth-order valence-electron chi connectivity index (χ4n) is 5.43. The number of urea groups is 1. The highest BCUT2D eigenvalue weighted by molar-refractivity contribution is 6.09. The number of carbonyl (C=O) groups is 2. The minimum atomic E-state index is -0.717. The van der Waals surface area contributed by atoms with Crippen LogP contribution in [0.3, 0.4) is 0 Å². The van der Waals surface area contributed by atoms with Gasteiger partial charge in [0.1, 0.15) is 11.5 Å². The second kappa shape index (κ2) is 9.94. The van der Waals surface area contributed by atoms with E-state index in [1.54, 1.807) is 18.3 Å². The Balaban J connectivity index is 1.55. The number of fused-ring (bicyclic) bond motifs is 1. The van der Waals surface area contributed by atoms with Crippen LogP contribution in [0, 0.1) is 0 Å². The summed E-state index contributed by atoms with van der Waals surface area (Å²) in [7, 11) is 1.60. The largest absolute Gasteiger partial charge is 0.496 e. The van der Waals surface area contributed by atoms with E-state index in [1.165, 1.54) is 0 Å². The van der Waals surface area contributed by atoms with Crippen LogP contribution in [0.25, 0.3) is 0 Å². The van der Waals surface area contributed by atoms with E-state index in [1.807, 2.05) is 91.0 Å². The molecule has 1 aliphatic carbocycles. The number of ketones is 1. The summed E-state index contributed by atoms with van der Waals surface area (Å²) < 4.78 is 11.4. The van der Waals surface area contributed by atoms with Crippen LogP contribution in [0.15, 0.2) is 113 Å². The smallest absolute Gasteiger partial charge is 0.327 e. The molecule has 0 spiro atoms. The Labute approximate surface area is 220 Å². The maximum Gasteiger partial charge on any atom is 0.327 e. The molecule has 0 saturated heterocycles. The Morgan fingerprint density at radius 1 is 0.947 bits per heavy atom. The van der Waals surface area contributed by atoms with E-state index in [2.05, 4.69) is 10.6 Å². The molecule has 1 aromatic heterocycles. The van der Waals surface area contributed by atoms with E-state index in [4.69, 9.17) is 9.15 Å². The van der Waals surface area contributed by atoms with Gasteiger partial charge in [-0.25, -0.2) is 4.79 Å². The van der Waals surface area contributed by atoms with E-state index in [9.17, 15) is 9.59 Å². The lowest BCUT2D eigenvalue weighted by atomic mass is 9.80. The molecular weight excluding hydrogens is 478 g/mol. The first-order valence-electron chi connectivity index (χ1n) is 12.6. The van der Waals surface area contributed by atoms with Crippen molar-refractivity contribution >= 4 is 28.9 Å². The first-order chi connectivity index (χ1) is 18.6. The number of benzene rings is 3. The van der Waals surface area contributed by atoms with Crippen molar-refractivity contribution in [2.45, 2.75) is 24.8 Å². The summed E-state index contributed by atoms with van der Waals surface area (Å²) in [5.41, 5.74) is 4.13. The molecule has 2 atom stereocenters. The number of Topliss-reactive ketones (excluding diaryl/α,β-unsaturated/α-hetero) is 1. The Bertz CT molecular complexity index is 1510. The number of nitrogens with one attached hydrogen (secondary N) is 2. The summed E-state index contributed by atoms with van der Waals surface area (Å²) in [5, 5.41) is 6.55. The van der Waals surface area contributed by atoms with Gasteiger partial charge in [0.05, 0.1) is 30.8 Å². The van der Waals surface area contributed by atoms with Gasteiger partial charge >= 0.3 is 6.03 Å². The third kappa shape index (κ3) is 4.22. The zero-order valence-electron chi connectivity index (χ0n) is 20.9. The molecule has 6 rings (SSSR count). The molecule has 7 heteroatoms. The van der Waals surface area contributed by atoms with Gasteiger partial charge < -0.3 is 19.8 Å². The number of methoxy groups -OCH3 is 1. The van der Waals surface area contributed by atoms with Crippen LogP contribution >= 0.6 is 0 Å². The summed E-state index contributed by atoms with van der Waals surface area (Å²) in [6.07, 6.45) is 2.49. The Kier molecular flexibility index (Phi) is 6.17. The second-order valence-electron chi connectivity index (χ2n) is 9.39. The molecule has 2 unspecified atom stereocenters. The number of amides is 2. The molecule has 0 saturated carbocycles. The van der Waals surface area contributed by atoms with Gasteiger partial charge in [0.25, 0.3) is 0 Å². The van der Waals surface area contributed by atoms with Crippen molar-refractivity contribution in [1.82, 2.24) is 0 Å². The first-order valence-corrected chi connectivity index (χ1v) is 12.6. The summed E-state index contributed by atoms with van der Waals surface area (Å²) in [5.74, 6) is 1.24. The molecule has 2 amide bonds. The number of anilines is 3. The maximum absolute atomic E-state index is 14.1. The van der Waals surface area contributed by atoms with Gasteiger partial charge in [-0.2, -0.15) is 0 Å². The van der Waals surface area contributed by atoms with E-state index < -0.39 is 6.04 Å². The average Bonchev–Trinajstić information content (AvgIpc) is 3.44. The van der Waals surface area contributed by atoms with Crippen molar-refractivity contribution in [3.63, 3.8) is 0 Å². The topological polar surface area (TPSA) is 83.8 Å². The predicted octanol–water partition coefficient (Wildman–Crippen LogP) is 6.89. The van der Waals surface area contributed by atoms with Crippen LogP contribution in [-0.2, 0) is 4.79 Å². The molecule has 4 aromatic rings. The first kappa shape index (κ1) is 23.6. The van der Waals surface area contributed by atoms with Gasteiger partial charge in [0, 0.05) is 34.9 Å². The number of rotatable bonds is 4. The highest BCUT2D eigenvalue weighted by Gasteiger charge is 2.43. The minimum absolute atomic E-state index is 0.0404. The zero-order chi connectivity index (χ0) is 26.1. The summed E-state index contributed by atoms with van der Waals surface area (Å²) in [6, 6.07) is 27.1.